The quantitative estimate of drug-likeness (QED) is 0.360. The Morgan fingerprint density at radius 1 is 1.24 bits per heavy atom. The Labute approximate surface area is 150 Å². The normalized spacial score (nSPS) is 10.8. The zero-order valence-electron chi connectivity index (χ0n) is 14.2. The van der Waals surface area contributed by atoms with Gasteiger partial charge in [0.1, 0.15) is 5.76 Å². The summed E-state index contributed by atoms with van der Waals surface area (Å²) in [6.45, 7) is 8.25. The fourth-order valence-electron chi connectivity index (χ4n) is 2.46. The molecule has 0 unspecified atom stereocenters. The van der Waals surface area contributed by atoms with Gasteiger partial charge in [-0.3, -0.25) is 9.36 Å². The summed E-state index contributed by atoms with van der Waals surface area (Å²) >= 11 is 1.38. The number of carbonyl (C=O) groups is 1. The van der Waals surface area contributed by atoms with Gasteiger partial charge in [-0.25, -0.2) is 0 Å². The predicted molar refractivity (Wildman–Crippen MR) is 98.9 cm³/mol. The zero-order chi connectivity index (χ0) is 17.8. The monoisotopic (exact) mass is 353 g/mol. The Morgan fingerprint density at radius 3 is 2.64 bits per heavy atom. The summed E-state index contributed by atoms with van der Waals surface area (Å²) in [5, 5.41) is 9.21. The molecule has 0 aliphatic carbocycles. The van der Waals surface area contributed by atoms with Crippen molar-refractivity contribution in [3.05, 3.63) is 66.1 Å². The third-order valence-electron chi connectivity index (χ3n) is 3.83. The van der Waals surface area contributed by atoms with Gasteiger partial charge < -0.3 is 4.42 Å². The van der Waals surface area contributed by atoms with Crippen molar-refractivity contribution in [2.75, 3.05) is 5.75 Å². The number of benzene rings is 1. The minimum Gasteiger partial charge on any atom is -0.469 e. The largest absolute Gasteiger partial charge is 0.469 e. The van der Waals surface area contributed by atoms with Gasteiger partial charge in [0.25, 0.3) is 0 Å². The van der Waals surface area contributed by atoms with E-state index in [0.29, 0.717) is 23.0 Å². The minimum absolute atomic E-state index is 0.0687. The number of aryl methyl sites for hydroxylation is 2. The first kappa shape index (κ1) is 17.2. The molecule has 6 heteroatoms. The summed E-state index contributed by atoms with van der Waals surface area (Å²) in [4.78, 5) is 12.4. The van der Waals surface area contributed by atoms with E-state index in [2.05, 4.69) is 16.8 Å². The maximum absolute atomic E-state index is 12.4. The van der Waals surface area contributed by atoms with Crippen molar-refractivity contribution in [2.45, 2.75) is 25.5 Å². The van der Waals surface area contributed by atoms with Crippen LogP contribution in [0.2, 0.25) is 0 Å². The first-order valence-corrected chi connectivity index (χ1v) is 8.90. The molecule has 3 rings (SSSR count). The van der Waals surface area contributed by atoms with Gasteiger partial charge in [-0.15, -0.1) is 16.8 Å². The molecule has 0 saturated heterocycles. The summed E-state index contributed by atoms with van der Waals surface area (Å²) in [6, 6.07) is 9.46. The highest BCUT2D eigenvalue weighted by atomic mass is 32.2. The van der Waals surface area contributed by atoms with Gasteiger partial charge in [0.05, 0.1) is 17.6 Å². The van der Waals surface area contributed by atoms with E-state index in [9.17, 15) is 4.79 Å². The van der Waals surface area contributed by atoms with E-state index >= 15 is 0 Å². The van der Waals surface area contributed by atoms with Gasteiger partial charge in [0.15, 0.2) is 16.8 Å². The first-order valence-electron chi connectivity index (χ1n) is 7.91. The molecule has 0 N–H and O–H groups in total. The molecule has 0 amide bonds. The van der Waals surface area contributed by atoms with Crippen LogP contribution >= 0.6 is 11.8 Å². The van der Waals surface area contributed by atoms with E-state index in [1.807, 2.05) is 48.7 Å². The van der Waals surface area contributed by atoms with Crippen LogP contribution in [-0.4, -0.2) is 26.3 Å². The minimum atomic E-state index is 0.0687. The van der Waals surface area contributed by atoms with Crippen molar-refractivity contribution in [2.24, 2.45) is 0 Å². The predicted octanol–water partition coefficient (Wildman–Crippen LogP) is 4.32. The number of rotatable bonds is 7. The number of aromatic nitrogens is 3. The van der Waals surface area contributed by atoms with Crippen LogP contribution in [0.3, 0.4) is 0 Å². The number of allylic oxidation sites excluding steroid dienone is 1. The standard InChI is InChI=1S/C19H19N3O2S/c1-4-10-22-18(16-9-11-24-14(16)3)20-21-19(22)25-12-17(23)15-7-5-13(2)6-8-15/h4-9,11H,1,10,12H2,2-3H3. The first-order chi connectivity index (χ1) is 12.1. The second kappa shape index (κ2) is 7.53. The van der Waals surface area contributed by atoms with Crippen molar-refractivity contribution in [1.29, 1.82) is 0 Å². The van der Waals surface area contributed by atoms with Gasteiger partial charge in [-0.1, -0.05) is 47.7 Å². The molecule has 128 valence electrons. The Bertz CT molecular complexity index is 894. The van der Waals surface area contributed by atoms with Crippen LogP contribution in [0.1, 0.15) is 21.7 Å². The molecule has 25 heavy (non-hydrogen) atoms. The van der Waals surface area contributed by atoms with E-state index in [0.717, 1.165) is 22.7 Å². The van der Waals surface area contributed by atoms with Crippen molar-refractivity contribution in [3.63, 3.8) is 0 Å². The molecule has 0 aliphatic rings. The second-order valence-electron chi connectivity index (χ2n) is 5.67. The summed E-state index contributed by atoms with van der Waals surface area (Å²) < 4.78 is 7.30. The fourth-order valence-corrected chi connectivity index (χ4v) is 3.30. The molecule has 3 aromatic rings. The molecule has 0 aliphatic heterocycles. The van der Waals surface area contributed by atoms with Gasteiger partial charge in [-0.2, -0.15) is 0 Å². The molecule has 1 aromatic carbocycles. The van der Waals surface area contributed by atoms with Crippen LogP contribution in [0.5, 0.6) is 0 Å². The second-order valence-corrected chi connectivity index (χ2v) is 6.62. The average molecular weight is 353 g/mol. The maximum Gasteiger partial charge on any atom is 0.192 e. The van der Waals surface area contributed by atoms with Crippen molar-refractivity contribution in [3.8, 4) is 11.4 Å². The van der Waals surface area contributed by atoms with E-state index < -0.39 is 0 Å². The van der Waals surface area contributed by atoms with Gasteiger partial charge in [0.2, 0.25) is 0 Å². The lowest BCUT2D eigenvalue weighted by molar-refractivity contribution is 0.102. The molecule has 0 saturated carbocycles. The fraction of sp³-hybridized carbons (Fsp3) is 0.211. The zero-order valence-corrected chi connectivity index (χ0v) is 15.0. The van der Waals surface area contributed by atoms with E-state index in [1.165, 1.54) is 11.8 Å². The number of Topliss-reactive ketones (excluding diaryl/α,β-unsaturated/α-hetero) is 1. The number of thioether (sulfide) groups is 1. The number of carbonyl (C=O) groups excluding carboxylic acids is 1. The number of nitrogens with zero attached hydrogens (tertiary/aromatic N) is 3. The molecule has 0 spiro atoms. The number of furan rings is 1. The Kier molecular flexibility index (Phi) is 5.19. The van der Waals surface area contributed by atoms with E-state index in [4.69, 9.17) is 4.42 Å². The van der Waals surface area contributed by atoms with E-state index in [-0.39, 0.29) is 5.78 Å². The molecule has 0 bridgehead atoms. The lowest BCUT2D eigenvalue weighted by Crippen LogP contribution is -2.05. The van der Waals surface area contributed by atoms with Crippen LogP contribution < -0.4 is 0 Å². The van der Waals surface area contributed by atoms with Crippen LogP contribution in [0.25, 0.3) is 11.4 Å². The van der Waals surface area contributed by atoms with Gasteiger partial charge in [0, 0.05) is 12.1 Å². The van der Waals surface area contributed by atoms with Crippen molar-refractivity contribution >= 4 is 17.5 Å². The van der Waals surface area contributed by atoms with Crippen LogP contribution in [-0.2, 0) is 6.54 Å². The molecule has 0 atom stereocenters. The van der Waals surface area contributed by atoms with Crippen LogP contribution in [0.4, 0.5) is 0 Å². The van der Waals surface area contributed by atoms with Crippen LogP contribution in [0.15, 0.2) is 58.8 Å². The molecule has 5 nitrogen and oxygen atoms in total. The summed E-state index contributed by atoms with van der Waals surface area (Å²) in [7, 11) is 0. The third-order valence-corrected chi connectivity index (χ3v) is 4.80. The van der Waals surface area contributed by atoms with Gasteiger partial charge in [-0.05, 0) is 19.9 Å². The van der Waals surface area contributed by atoms with Gasteiger partial charge >= 0.3 is 0 Å². The van der Waals surface area contributed by atoms with Crippen molar-refractivity contribution < 1.29 is 9.21 Å². The number of hydrogen-bond donors (Lipinski definition) is 0. The Hall–Kier alpha value is -2.60. The maximum atomic E-state index is 12.4. The SMILES string of the molecule is C=CCn1c(SCC(=O)c2ccc(C)cc2)nnc1-c1ccoc1C. The highest BCUT2D eigenvalue weighted by Gasteiger charge is 2.17. The molecular weight excluding hydrogens is 334 g/mol. The third kappa shape index (κ3) is 3.74. The molecule has 0 fully saturated rings. The molecule has 2 heterocycles. The number of ketones is 1. The molecule has 0 radical (unpaired) electrons. The lowest BCUT2D eigenvalue weighted by atomic mass is 10.1. The highest BCUT2D eigenvalue weighted by molar-refractivity contribution is 7.99. The Morgan fingerprint density at radius 2 is 2.00 bits per heavy atom. The topological polar surface area (TPSA) is 60.9 Å². The summed E-state index contributed by atoms with van der Waals surface area (Å²) in [6.07, 6.45) is 3.42. The highest BCUT2D eigenvalue weighted by Crippen LogP contribution is 2.27. The van der Waals surface area contributed by atoms with Crippen LogP contribution in [0, 0.1) is 13.8 Å². The smallest absolute Gasteiger partial charge is 0.192 e. The number of hydrogen-bond acceptors (Lipinski definition) is 5. The van der Waals surface area contributed by atoms with E-state index in [1.54, 1.807) is 12.3 Å². The summed E-state index contributed by atoms with van der Waals surface area (Å²) in [5.41, 5.74) is 2.74. The summed E-state index contributed by atoms with van der Waals surface area (Å²) in [5.74, 6) is 1.88. The van der Waals surface area contributed by atoms with Crippen molar-refractivity contribution in [1.82, 2.24) is 14.8 Å². The molecule has 2 aromatic heterocycles. The lowest BCUT2D eigenvalue weighted by Gasteiger charge is -2.07. The average Bonchev–Trinajstić information content (AvgIpc) is 3.19. The molecular formula is C19H19N3O2S. The Balaban J connectivity index is 1.79.